The largest absolute Gasteiger partial charge is 0.297 e. The summed E-state index contributed by atoms with van der Waals surface area (Å²) >= 11 is 11.3. The van der Waals surface area contributed by atoms with Gasteiger partial charge in [0.15, 0.2) is 0 Å². The van der Waals surface area contributed by atoms with Crippen molar-refractivity contribution in [1.82, 2.24) is 4.90 Å². The van der Waals surface area contributed by atoms with Crippen molar-refractivity contribution in [1.29, 1.82) is 0 Å². The topological polar surface area (TPSA) is 3.24 Å². The van der Waals surface area contributed by atoms with E-state index in [0.29, 0.717) is 18.3 Å². The molecule has 1 aromatic carbocycles. The molecule has 0 aliphatic carbocycles. The van der Waals surface area contributed by atoms with Crippen molar-refractivity contribution < 1.29 is 4.39 Å². The summed E-state index contributed by atoms with van der Waals surface area (Å²) in [4.78, 5) is 2.11. The van der Waals surface area contributed by atoms with Gasteiger partial charge < -0.3 is 0 Å². The SMILES string of the molecule is Fc1cccc(CN(CCCl)CCCl)c1. The molecule has 0 aromatic heterocycles. The van der Waals surface area contributed by atoms with E-state index >= 15 is 0 Å². The molecule has 0 fully saturated rings. The third kappa shape index (κ3) is 4.83. The van der Waals surface area contributed by atoms with Crippen LogP contribution in [0.5, 0.6) is 0 Å². The van der Waals surface area contributed by atoms with Gasteiger partial charge in [0.2, 0.25) is 0 Å². The van der Waals surface area contributed by atoms with Gasteiger partial charge in [0.25, 0.3) is 0 Å². The molecule has 0 radical (unpaired) electrons. The van der Waals surface area contributed by atoms with E-state index in [0.717, 1.165) is 18.7 Å². The smallest absolute Gasteiger partial charge is 0.123 e. The average Bonchev–Trinajstić information content (AvgIpc) is 2.18. The Morgan fingerprint density at radius 1 is 1.13 bits per heavy atom. The van der Waals surface area contributed by atoms with Gasteiger partial charge in [-0.05, 0) is 17.7 Å². The van der Waals surface area contributed by atoms with Gasteiger partial charge in [0, 0.05) is 31.4 Å². The summed E-state index contributed by atoms with van der Waals surface area (Å²) in [5, 5.41) is 0. The fourth-order valence-corrected chi connectivity index (χ4v) is 1.88. The zero-order valence-corrected chi connectivity index (χ0v) is 9.94. The number of hydrogen-bond acceptors (Lipinski definition) is 1. The highest BCUT2D eigenvalue weighted by atomic mass is 35.5. The van der Waals surface area contributed by atoms with Crippen LogP contribution in [0.4, 0.5) is 4.39 Å². The van der Waals surface area contributed by atoms with Crippen LogP contribution >= 0.6 is 23.2 Å². The molecule has 0 bridgehead atoms. The number of rotatable bonds is 6. The molecule has 0 saturated carbocycles. The summed E-state index contributed by atoms with van der Waals surface area (Å²) in [6.07, 6.45) is 0. The standard InChI is InChI=1S/C11H14Cl2FN/c12-4-6-15(7-5-13)9-10-2-1-3-11(14)8-10/h1-3,8H,4-7,9H2. The summed E-state index contributed by atoms with van der Waals surface area (Å²) < 4.78 is 12.9. The third-order valence-corrected chi connectivity index (χ3v) is 2.43. The second-order valence-corrected chi connectivity index (χ2v) is 4.04. The molecule has 0 saturated heterocycles. The molecule has 84 valence electrons. The summed E-state index contributed by atoms with van der Waals surface area (Å²) in [7, 11) is 0. The Morgan fingerprint density at radius 3 is 2.33 bits per heavy atom. The van der Waals surface area contributed by atoms with E-state index in [4.69, 9.17) is 23.2 Å². The van der Waals surface area contributed by atoms with E-state index in [2.05, 4.69) is 4.90 Å². The molecule has 0 aliphatic heterocycles. The van der Waals surface area contributed by atoms with Crippen LogP contribution in [-0.4, -0.2) is 29.7 Å². The zero-order valence-electron chi connectivity index (χ0n) is 8.43. The maximum absolute atomic E-state index is 12.9. The first-order valence-corrected chi connectivity index (χ1v) is 5.92. The molecule has 1 nitrogen and oxygen atoms in total. The lowest BCUT2D eigenvalue weighted by atomic mass is 10.2. The van der Waals surface area contributed by atoms with Crippen LogP contribution < -0.4 is 0 Å². The van der Waals surface area contributed by atoms with Crippen LogP contribution in [0.25, 0.3) is 0 Å². The molecule has 0 amide bonds. The fraction of sp³-hybridized carbons (Fsp3) is 0.455. The molecule has 0 heterocycles. The van der Waals surface area contributed by atoms with Crippen molar-refractivity contribution in [2.45, 2.75) is 6.54 Å². The molecule has 1 aromatic rings. The minimum Gasteiger partial charge on any atom is -0.297 e. The predicted molar refractivity (Wildman–Crippen MR) is 63.1 cm³/mol. The predicted octanol–water partition coefficient (Wildman–Crippen LogP) is 3.11. The molecular formula is C11H14Cl2FN. The average molecular weight is 250 g/mol. The van der Waals surface area contributed by atoms with Gasteiger partial charge in [-0.1, -0.05) is 12.1 Å². The minimum absolute atomic E-state index is 0.204. The Bertz CT molecular complexity index is 288. The van der Waals surface area contributed by atoms with Gasteiger partial charge in [0.1, 0.15) is 5.82 Å². The van der Waals surface area contributed by atoms with E-state index in [1.54, 1.807) is 6.07 Å². The van der Waals surface area contributed by atoms with Crippen LogP contribution in [0.3, 0.4) is 0 Å². The second kappa shape index (κ2) is 7.04. The van der Waals surface area contributed by atoms with Crippen LogP contribution in [0.1, 0.15) is 5.56 Å². The van der Waals surface area contributed by atoms with Gasteiger partial charge in [-0.15, -0.1) is 23.2 Å². The zero-order chi connectivity index (χ0) is 11.1. The molecule has 4 heteroatoms. The maximum Gasteiger partial charge on any atom is 0.123 e. The summed E-state index contributed by atoms with van der Waals surface area (Å²) in [5.41, 5.74) is 0.949. The van der Waals surface area contributed by atoms with Gasteiger partial charge in [-0.25, -0.2) is 4.39 Å². The summed E-state index contributed by atoms with van der Waals surface area (Å²) in [5.74, 6) is 0.919. The first-order chi connectivity index (χ1) is 7.26. The lowest BCUT2D eigenvalue weighted by Gasteiger charge is -2.19. The van der Waals surface area contributed by atoms with E-state index in [1.165, 1.54) is 12.1 Å². The van der Waals surface area contributed by atoms with Crippen LogP contribution in [0.15, 0.2) is 24.3 Å². The number of benzene rings is 1. The molecule has 1 rings (SSSR count). The van der Waals surface area contributed by atoms with Crippen molar-refractivity contribution in [3.8, 4) is 0 Å². The maximum atomic E-state index is 12.9. The normalized spacial score (nSPS) is 10.9. The Morgan fingerprint density at radius 2 is 1.80 bits per heavy atom. The summed E-state index contributed by atoms with van der Waals surface area (Å²) in [6, 6.07) is 6.59. The Hall–Kier alpha value is -0.310. The summed E-state index contributed by atoms with van der Waals surface area (Å²) in [6.45, 7) is 2.23. The van der Waals surface area contributed by atoms with Gasteiger partial charge in [-0.3, -0.25) is 4.90 Å². The minimum atomic E-state index is -0.204. The van der Waals surface area contributed by atoms with Crippen LogP contribution in [0, 0.1) is 5.82 Å². The van der Waals surface area contributed by atoms with Gasteiger partial charge in [-0.2, -0.15) is 0 Å². The molecule has 0 unspecified atom stereocenters. The highest BCUT2D eigenvalue weighted by Crippen LogP contribution is 2.07. The van der Waals surface area contributed by atoms with E-state index in [-0.39, 0.29) is 5.82 Å². The number of alkyl halides is 2. The quantitative estimate of drug-likeness (QED) is 0.701. The van der Waals surface area contributed by atoms with Crippen molar-refractivity contribution >= 4 is 23.2 Å². The first-order valence-electron chi connectivity index (χ1n) is 4.85. The highest BCUT2D eigenvalue weighted by molar-refractivity contribution is 6.18. The molecule has 0 aliphatic rings. The molecule has 0 N–H and O–H groups in total. The Balaban J connectivity index is 2.56. The van der Waals surface area contributed by atoms with Crippen LogP contribution in [-0.2, 0) is 6.54 Å². The van der Waals surface area contributed by atoms with E-state index in [9.17, 15) is 4.39 Å². The lowest BCUT2D eigenvalue weighted by Crippen LogP contribution is -2.27. The van der Waals surface area contributed by atoms with E-state index < -0.39 is 0 Å². The Labute approximate surface area is 99.8 Å². The van der Waals surface area contributed by atoms with Crippen molar-refractivity contribution in [3.63, 3.8) is 0 Å². The monoisotopic (exact) mass is 249 g/mol. The molecule has 0 atom stereocenters. The van der Waals surface area contributed by atoms with Crippen molar-refractivity contribution in [2.24, 2.45) is 0 Å². The number of nitrogens with zero attached hydrogens (tertiary/aromatic N) is 1. The van der Waals surface area contributed by atoms with Crippen molar-refractivity contribution in [3.05, 3.63) is 35.6 Å². The Kier molecular flexibility index (Phi) is 5.99. The van der Waals surface area contributed by atoms with Gasteiger partial charge in [0.05, 0.1) is 0 Å². The molecule has 15 heavy (non-hydrogen) atoms. The van der Waals surface area contributed by atoms with Gasteiger partial charge >= 0.3 is 0 Å². The second-order valence-electron chi connectivity index (χ2n) is 3.28. The van der Waals surface area contributed by atoms with Crippen LogP contribution in [0.2, 0.25) is 0 Å². The molecular weight excluding hydrogens is 236 g/mol. The van der Waals surface area contributed by atoms with E-state index in [1.807, 2.05) is 6.07 Å². The van der Waals surface area contributed by atoms with Crippen molar-refractivity contribution in [2.75, 3.05) is 24.8 Å². The third-order valence-electron chi connectivity index (χ3n) is 2.10. The first kappa shape index (κ1) is 12.8. The lowest BCUT2D eigenvalue weighted by molar-refractivity contribution is 0.299. The number of halogens is 3. The number of hydrogen-bond donors (Lipinski definition) is 0. The fourth-order valence-electron chi connectivity index (χ4n) is 1.40. The molecule has 0 spiro atoms. The highest BCUT2D eigenvalue weighted by Gasteiger charge is 2.04.